The molecular formula is C13H21N3O2S. The summed E-state index contributed by atoms with van der Waals surface area (Å²) in [5, 5.41) is 7.22. The van der Waals surface area contributed by atoms with Crippen LogP contribution in [-0.4, -0.2) is 26.0 Å². The van der Waals surface area contributed by atoms with Gasteiger partial charge in [0.05, 0.1) is 11.6 Å². The van der Waals surface area contributed by atoms with Crippen molar-refractivity contribution in [1.82, 2.24) is 4.72 Å². The maximum atomic E-state index is 11.9. The topological polar surface area (TPSA) is 96.0 Å². The molecular weight excluding hydrogens is 262 g/mol. The van der Waals surface area contributed by atoms with E-state index in [0.29, 0.717) is 12.8 Å². The number of nitrogens with two attached hydrogens (primary N) is 1. The summed E-state index contributed by atoms with van der Waals surface area (Å²) < 4.78 is 26.5. The molecule has 0 radical (unpaired) electrons. The number of sulfonamides is 1. The van der Waals surface area contributed by atoms with Gasteiger partial charge in [-0.1, -0.05) is 37.3 Å². The highest BCUT2D eigenvalue weighted by Gasteiger charge is 2.17. The monoisotopic (exact) mass is 283 g/mol. The first-order chi connectivity index (χ1) is 8.93. The molecule has 19 heavy (non-hydrogen) atoms. The standard InChI is InChI=1S/C13H21N3O2S/c1-2-12(10-13(14)15)16-19(17,18)9-8-11-6-4-3-5-7-11/h3-7,12,16H,2,8-10H2,1H3,(H3,14,15). The Morgan fingerprint density at radius 3 is 2.53 bits per heavy atom. The first-order valence-electron chi connectivity index (χ1n) is 6.29. The van der Waals surface area contributed by atoms with Gasteiger partial charge < -0.3 is 5.73 Å². The number of benzene rings is 1. The van der Waals surface area contributed by atoms with Crippen LogP contribution < -0.4 is 10.5 Å². The second-order valence-corrected chi connectivity index (χ2v) is 6.38. The molecule has 0 saturated heterocycles. The van der Waals surface area contributed by atoms with Gasteiger partial charge in [0.15, 0.2) is 0 Å². The molecule has 1 atom stereocenters. The summed E-state index contributed by atoms with van der Waals surface area (Å²) in [6.45, 7) is 1.87. The highest BCUT2D eigenvalue weighted by molar-refractivity contribution is 7.89. The predicted molar refractivity (Wildman–Crippen MR) is 77.7 cm³/mol. The normalized spacial score (nSPS) is 13.1. The maximum Gasteiger partial charge on any atom is 0.212 e. The Bertz CT molecular complexity index is 500. The summed E-state index contributed by atoms with van der Waals surface area (Å²) in [5.41, 5.74) is 6.29. The summed E-state index contributed by atoms with van der Waals surface area (Å²) in [4.78, 5) is 0. The molecule has 0 fully saturated rings. The van der Waals surface area contributed by atoms with Gasteiger partial charge in [-0.15, -0.1) is 0 Å². The fraction of sp³-hybridized carbons (Fsp3) is 0.462. The minimum atomic E-state index is -3.34. The van der Waals surface area contributed by atoms with Crippen LogP contribution in [0.4, 0.5) is 0 Å². The van der Waals surface area contributed by atoms with E-state index in [1.807, 2.05) is 37.3 Å². The van der Waals surface area contributed by atoms with E-state index in [2.05, 4.69) is 4.72 Å². The van der Waals surface area contributed by atoms with Crippen LogP contribution >= 0.6 is 0 Å². The van der Waals surface area contributed by atoms with Crippen LogP contribution in [0.25, 0.3) is 0 Å². The molecule has 0 aliphatic heterocycles. The van der Waals surface area contributed by atoms with Crippen molar-refractivity contribution in [3.63, 3.8) is 0 Å². The molecule has 0 saturated carbocycles. The van der Waals surface area contributed by atoms with Gasteiger partial charge in [-0.2, -0.15) is 0 Å². The van der Waals surface area contributed by atoms with Gasteiger partial charge in [0.2, 0.25) is 10.0 Å². The molecule has 0 heterocycles. The molecule has 4 N–H and O–H groups in total. The first-order valence-corrected chi connectivity index (χ1v) is 7.95. The van der Waals surface area contributed by atoms with Crippen molar-refractivity contribution in [3.8, 4) is 0 Å². The van der Waals surface area contributed by atoms with E-state index in [4.69, 9.17) is 11.1 Å². The van der Waals surface area contributed by atoms with E-state index in [1.165, 1.54) is 0 Å². The number of hydrogen-bond donors (Lipinski definition) is 3. The van der Waals surface area contributed by atoms with Gasteiger partial charge in [0, 0.05) is 12.5 Å². The minimum Gasteiger partial charge on any atom is -0.388 e. The molecule has 5 nitrogen and oxygen atoms in total. The van der Waals surface area contributed by atoms with Gasteiger partial charge in [-0.25, -0.2) is 13.1 Å². The second-order valence-electron chi connectivity index (χ2n) is 4.51. The third kappa shape index (κ3) is 6.35. The van der Waals surface area contributed by atoms with Crippen molar-refractivity contribution in [2.75, 3.05) is 5.75 Å². The molecule has 6 heteroatoms. The Balaban J connectivity index is 2.53. The van der Waals surface area contributed by atoms with Crippen LogP contribution in [0.5, 0.6) is 0 Å². The van der Waals surface area contributed by atoms with Crippen LogP contribution in [0.2, 0.25) is 0 Å². The lowest BCUT2D eigenvalue weighted by Gasteiger charge is -2.16. The van der Waals surface area contributed by atoms with Gasteiger partial charge in [0.1, 0.15) is 0 Å². The van der Waals surface area contributed by atoms with E-state index in [9.17, 15) is 8.42 Å². The fourth-order valence-electron chi connectivity index (χ4n) is 1.74. The molecule has 1 rings (SSSR count). The van der Waals surface area contributed by atoms with Crippen molar-refractivity contribution in [1.29, 1.82) is 5.41 Å². The molecule has 0 spiro atoms. The summed E-state index contributed by atoms with van der Waals surface area (Å²) in [5.74, 6) is 0.0448. The Hall–Kier alpha value is -1.40. The average molecular weight is 283 g/mol. The quantitative estimate of drug-likeness (QED) is 0.495. The summed E-state index contributed by atoms with van der Waals surface area (Å²) in [6, 6.07) is 9.19. The number of nitrogens with one attached hydrogen (secondary N) is 2. The van der Waals surface area contributed by atoms with Gasteiger partial charge in [-0.3, -0.25) is 5.41 Å². The molecule has 0 aliphatic carbocycles. The molecule has 1 aromatic carbocycles. The largest absolute Gasteiger partial charge is 0.388 e. The van der Waals surface area contributed by atoms with Crippen LogP contribution in [0, 0.1) is 5.41 Å². The number of rotatable bonds is 8. The van der Waals surface area contributed by atoms with Gasteiger partial charge in [0.25, 0.3) is 0 Å². The van der Waals surface area contributed by atoms with Gasteiger partial charge >= 0.3 is 0 Å². The molecule has 0 aliphatic rings. The van der Waals surface area contributed by atoms with Crippen LogP contribution in [0.15, 0.2) is 30.3 Å². The van der Waals surface area contributed by atoms with E-state index >= 15 is 0 Å². The number of aryl methyl sites for hydroxylation is 1. The highest BCUT2D eigenvalue weighted by atomic mass is 32.2. The van der Waals surface area contributed by atoms with E-state index in [-0.39, 0.29) is 24.1 Å². The molecule has 0 bridgehead atoms. The summed E-state index contributed by atoms with van der Waals surface area (Å²) in [6.07, 6.45) is 1.35. The van der Waals surface area contributed by atoms with Crippen molar-refractivity contribution >= 4 is 15.9 Å². The van der Waals surface area contributed by atoms with Crippen LogP contribution in [0.3, 0.4) is 0 Å². The SMILES string of the molecule is CCC(CC(=N)N)NS(=O)(=O)CCc1ccccc1. The predicted octanol–water partition coefficient (Wildman–Crippen LogP) is 1.25. The zero-order valence-corrected chi connectivity index (χ0v) is 11.9. The average Bonchev–Trinajstić information content (AvgIpc) is 2.36. The molecule has 0 aromatic heterocycles. The fourth-order valence-corrected chi connectivity index (χ4v) is 3.12. The highest BCUT2D eigenvalue weighted by Crippen LogP contribution is 2.04. The van der Waals surface area contributed by atoms with E-state index < -0.39 is 10.0 Å². The zero-order valence-electron chi connectivity index (χ0n) is 11.1. The third-order valence-corrected chi connectivity index (χ3v) is 4.24. The third-order valence-electron chi connectivity index (χ3n) is 2.81. The maximum absolute atomic E-state index is 11.9. The van der Waals surface area contributed by atoms with Crippen molar-refractivity contribution in [3.05, 3.63) is 35.9 Å². The van der Waals surface area contributed by atoms with Crippen LogP contribution in [0.1, 0.15) is 25.3 Å². The van der Waals surface area contributed by atoms with Crippen molar-refractivity contribution < 1.29 is 8.42 Å². The zero-order chi connectivity index (χ0) is 14.3. The molecule has 106 valence electrons. The Morgan fingerprint density at radius 1 is 1.37 bits per heavy atom. The number of hydrogen-bond acceptors (Lipinski definition) is 3. The minimum absolute atomic E-state index is 0.00221. The first kappa shape index (κ1) is 15.7. The Labute approximate surface area is 114 Å². The molecule has 0 amide bonds. The second kappa shape index (κ2) is 7.25. The van der Waals surface area contributed by atoms with Gasteiger partial charge in [-0.05, 0) is 18.4 Å². The Kier molecular flexibility index (Phi) is 5.98. The lowest BCUT2D eigenvalue weighted by Crippen LogP contribution is -2.38. The molecule has 1 aromatic rings. The van der Waals surface area contributed by atoms with Crippen LogP contribution in [-0.2, 0) is 16.4 Å². The summed E-state index contributed by atoms with van der Waals surface area (Å²) in [7, 11) is -3.34. The lowest BCUT2D eigenvalue weighted by atomic mass is 10.1. The van der Waals surface area contributed by atoms with Crippen molar-refractivity contribution in [2.45, 2.75) is 32.2 Å². The lowest BCUT2D eigenvalue weighted by molar-refractivity contribution is 0.544. The Morgan fingerprint density at radius 2 is 2.00 bits per heavy atom. The smallest absolute Gasteiger partial charge is 0.212 e. The number of amidine groups is 1. The van der Waals surface area contributed by atoms with E-state index in [1.54, 1.807) is 0 Å². The molecule has 1 unspecified atom stereocenters. The summed E-state index contributed by atoms with van der Waals surface area (Å²) >= 11 is 0. The van der Waals surface area contributed by atoms with E-state index in [0.717, 1.165) is 5.56 Å². The van der Waals surface area contributed by atoms with Crippen molar-refractivity contribution in [2.24, 2.45) is 5.73 Å².